The van der Waals surface area contributed by atoms with Crippen molar-refractivity contribution in [1.82, 2.24) is 4.90 Å². The van der Waals surface area contributed by atoms with Crippen LogP contribution >= 0.6 is 0 Å². The predicted octanol–water partition coefficient (Wildman–Crippen LogP) is 1.45. The molecule has 24 heavy (non-hydrogen) atoms. The lowest BCUT2D eigenvalue weighted by molar-refractivity contribution is -0.139. The Morgan fingerprint density at radius 1 is 1.12 bits per heavy atom. The second-order valence-corrected chi connectivity index (χ2v) is 6.60. The minimum atomic E-state index is -1.06. The van der Waals surface area contributed by atoms with Crippen molar-refractivity contribution in [3.05, 3.63) is 28.8 Å². The van der Waals surface area contributed by atoms with E-state index in [0.29, 0.717) is 13.1 Å². The van der Waals surface area contributed by atoms with Crippen LogP contribution in [0.3, 0.4) is 0 Å². The lowest BCUT2D eigenvalue weighted by atomic mass is 10.0. The fraction of sp³-hybridized carbons (Fsp3) is 0.556. The van der Waals surface area contributed by atoms with Crippen molar-refractivity contribution in [2.45, 2.75) is 39.7 Å². The van der Waals surface area contributed by atoms with E-state index in [4.69, 9.17) is 10.8 Å². The molecule has 1 aliphatic rings. The average molecular weight is 333 g/mol. The number of carbonyl (C=O) groups is 2. The Balaban J connectivity index is 1.92. The summed E-state index contributed by atoms with van der Waals surface area (Å²) in [7, 11) is 0. The molecule has 0 spiro atoms. The molecule has 0 aromatic heterocycles. The highest BCUT2D eigenvalue weighted by molar-refractivity contribution is 5.78. The van der Waals surface area contributed by atoms with Gasteiger partial charge >= 0.3 is 5.97 Å². The molecule has 2 rings (SSSR count). The molecule has 1 aromatic rings. The van der Waals surface area contributed by atoms with Gasteiger partial charge in [0, 0.05) is 38.3 Å². The van der Waals surface area contributed by atoms with Gasteiger partial charge < -0.3 is 20.6 Å². The molecule has 0 unspecified atom stereocenters. The van der Waals surface area contributed by atoms with Crippen LogP contribution in [-0.2, 0) is 9.59 Å². The second-order valence-electron chi connectivity index (χ2n) is 6.60. The largest absolute Gasteiger partial charge is 0.480 e. The summed E-state index contributed by atoms with van der Waals surface area (Å²) in [4.78, 5) is 27.1. The molecule has 1 aromatic carbocycles. The number of benzene rings is 1. The Kier molecular flexibility index (Phi) is 5.83. The molecule has 3 N–H and O–H groups in total. The van der Waals surface area contributed by atoms with Crippen LogP contribution in [0.15, 0.2) is 12.1 Å². The van der Waals surface area contributed by atoms with Gasteiger partial charge in [0.05, 0.1) is 0 Å². The van der Waals surface area contributed by atoms with Crippen molar-refractivity contribution >= 4 is 17.6 Å². The van der Waals surface area contributed by atoms with Gasteiger partial charge in [-0.2, -0.15) is 0 Å². The number of hydrogen-bond acceptors (Lipinski definition) is 4. The Morgan fingerprint density at radius 2 is 1.67 bits per heavy atom. The first-order valence-electron chi connectivity index (χ1n) is 8.38. The highest BCUT2D eigenvalue weighted by Crippen LogP contribution is 2.27. The molecule has 132 valence electrons. The Morgan fingerprint density at radius 3 is 2.17 bits per heavy atom. The monoisotopic (exact) mass is 333 g/mol. The van der Waals surface area contributed by atoms with Crippen molar-refractivity contribution in [3.63, 3.8) is 0 Å². The van der Waals surface area contributed by atoms with Gasteiger partial charge in [0.1, 0.15) is 6.04 Å². The number of anilines is 1. The molecule has 0 bridgehead atoms. The summed E-state index contributed by atoms with van der Waals surface area (Å²) < 4.78 is 0. The van der Waals surface area contributed by atoms with Crippen molar-refractivity contribution in [3.8, 4) is 0 Å². The molecule has 0 aliphatic carbocycles. The number of nitrogens with zero attached hydrogens (tertiary/aromatic N) is 2. The topological polar surface area (TPSA) is 86.9 Å². The van der Waals surface area contributed by atoms with E-state index < -0.39 is 12.0 Å². The van der Waals surface area contributed by atoms with E-state index in [1.165, 1.54) is 22.4 Å². The molecule has 1 aliphatic heterocycles. The maximum atomic E-state index is 12.2. The van der Waals surface area contributed by atoms with Crippen LogP contribution in [-0.4, -0.2) is 54.1 Å². The summed E-state index contributed by atoms with van der Waals surface area (Å²) in [6.07, 6.45) is 0.376. The lowest BCUT2D eigenvalue weighted by Crippen LogP contribution is -2.49. The predicted molar refractivity (Wildman–Crippen MR) is 94.3 cm³/mol. The number of carbonyl (C=O) groups excluding carboxylic acids is 1. The fourth-order valence-electron chi connectivity index (χ4n) is 3.41. The van der Waals surface area contributed by atoms with Crippen LogP contribution in [0.25, 0.3) is 0 Å². The molecule has 1 atom stereocenters. The quantitative estimate of drug-likeness (QED) is 0.852. The summed E-state index contributed by atoms with van der Waals surface area (Å²) in [6.45, 7) is 9.26. The van der Waals surface area contributed by atoms with E-state index in [2.05, 4.69) is 37.8 Å². The third kappa shape index (κ3) is 4.26. The summed E-state index contributed by atoms with van der Waals surface area (Å²) in [5.41, 5.74) is 10.5. The van der Waals surface area contributed by atoms with E-state index in [1.807, 2.05) is 4.90 Å². The van der Waals surface area contributed by atoms with Gasteiger partial charge in [-0.05, 0) is 38.3 Å². The molecule has 0 radical (unpaired) electrons. The number of rotatable bonds is 5. The van der Waals surface area contributed by atoms with Crippen LogP contribution in [0.5, 0.6) is 0 Å². The smallest absolute Gasteiger partial charge is 0.320 e. The first-order valence-corrected chi connectivity index (χ1v) is 8.38. The zero-order valence-corrected chi connectivity index (χ0v) is 14.7. The van der Waals surface area contributed by atoms with Gasteiger partial charge in [-0.3, -0.25) is 9.59 Å². The Bertz CT molecular complexity index is 599. The second kappa shape index (κ2) is 7.66. The molecule has 1 fully saturated rings. The fourth-order valence-corrected chi connectivity index (χ4v) is 3.41. The Labute approximate surface area is 143 Å². The van der Waals surface area contributed by atoms with Gasteiger partial charge in [-0.25, -0.2) is 0 Å². The van der Waals surface area contributed by atoms with E-state index in [9.17, 15) is 9.59 Å². The highest BCUT2D eigenvalue weighted by Gasteiger charge is 2.24. The maximum absolute atomic E-state index is 12.2. The van der Waals surface area contributed by atoms with Crippen LogP contribution < -0.4 is 10.6 Å². The zero-order valence-electron chi connectivity index (χ0n) is 14.7. The molecule has 1 saturated heterocycles. The summed E-state index contributed by atoms with van der Waals surface area (Å²) in [6, 6.07) is 3.41. The third-order valence-corrected chi connectivity index (χ3v) is 4.57. The number of aliphatic carboxylic acids is 1. The molecule has 6 nitrogen and oxygen atoms in total. The standard InChI is InChI=1S/C18H27N3O3/c1-12-10-13(2)17(14(3)11-12)21-8-6-20(7-9-21)16(22)5-4-15(19)18(23)24/h10-11,15H,4-9,19H2,1-3H3,(H,23,24)/t15-/m0/s1. The maximum Gasteiger partial charge on any atom is 0.320 e. The lowest BCUT2D eigenvalue weighted by Gasteiger charge is -2.37. The third-order valence-electron chi connectivity index (χ3n) is 4.57. The number of carboxylic acid groups (broad SMARTS) is 1. The minimum absolute atomic E-state index is 0.0105. The van der Waals surface area contributed by atoms with E-state index in [1.54, 1.807) is 0 Å². The van der Waals surface area contributed by atoms with Crippen LogP contribution in [0.4, 0.5) is 5.69 Å². The van der Waals surface area contributed by atoms with Gasteiger partial charge in [0.15, 0.2) is 0 Å². The van der Waals surface area contributed by atoms with Crippen LogP contribution in [0, 0.1) is 20.8 Å². The van der Waals surface area contributed by atoms with Crippen molar-refractivity contribution in [2.75, 3.05) is 31.1 Å². The number of nitrogens with two attached hydrogens (primary N) is 1. The van der Waals surface area contributed by atoms with Gasteiger partial charge in [0.25, 0.3) is 0 Å². The first-order chi connectivity index (χ1) is 11.3. The molecule has 1 heterocycles. The number of piperazine rings is 1. The van der Waals surface area contributed by atoms with Gasteiger partial charge in [-0.15, -0.1) is 0 Å². The number of amides is 1. The number of hydrogen-bond donors (Lipinski definition) is 2. The first kappa shape index (κ1) is 18.3. The normalized spacial score (nSPS) is 16.2. The van der Waals surface area contributed by atoms with Crippen molar-refractivity contribution in [2.24, 2.45) is 5.73 Å². The average Bonchev–Trinajstić information content (AvgIpc) is 2.51. The van der Waals surface area contributed by atoms with E-state index >= 15 is 0 Å². The zero-order chi connectivity index (χ0) is 17.9. The van der Waals surface area contributed by atoms with Gasteiger partial charge in [0.2, 0.25) is 5.91 Å². The Hall–Kier alpha value is -2.08. The van der Waals surface area contributed by atoms with Crippen LogP contribution in [0.2, 0.25) is 0 Å². The van der Waals surface area contributed by atoms with Gasteiger partial charge in [-0.1, -0.05) is 17.7 Å². The van der Waals surface area contributed by atoms with Crippen LogP contribution in [0.1, 0.15) is 29.5 Å². The van der Waals surface area contributed by atoms with Crippen molar-refractivity contribution < 1.29 is 14.7 Å². The summed E-state index contributed by atoms with van der Waals surface area (Å²) in [5, 5.41) is 8.78. The summed E-state index contributed by atoms with van der Waals surface area (Å²) >= 11 is 0. The highest BCUT2D eigenvalue weighted by atomic mass is 16.4. The molecule has 6 heteroatoms. The molecule has 1 amide bonds. The molecular formula is C18H27N3O3. The van der Waals surface area contributed by atoms with Crippen molar-refractivity contribution in [1.29, 1.82) is 0 Å². The van der Waals surface area contributed by atoms with E-state index in [-0.39, 0.29) is 18.7 Å². The molecule has 0 saturated carbocycles. The van der Waals surface area contributed by atoms with E-state index in [0.717, 1.165) is 13.1 Å². The number of carboxylic acids is 1. The SMILES string of the molecule is Cc1cc(C)c(N2CCN(C(=O)CC[C@H](N)C(=O)O)CC2)c(C)c1. The summed E-state index contributed by atoms with van der Waals surface area (Å²) in [5.74, 6) is -1.07. The minimum Gasteiger partial charge on any atom is -0.480 e. The number of aryl methyl sites for hydroxylation is 3. The molecular weight excluding hydrogens is 306 g/mol.